The predicted molar refractivity (Wildman–Crippen MR) is 174 cm³/mol. The van der Waals surface area contributed by atoms with E-state index in [1.165, 1.54) is 5.56 Å². The highest BCUT2D eigenvalue weighted by atomic mass is 16.4. The average molecular weight is 614 g/mol. The minimum absolute atomic E-state index is 0.0348. The number of carbonyl (C=O) groups is 3. The molecule has 2 saturated heterocycles. The van der Waals surface area contributed by atoms with Crippen LogP contribution in [0.5, 0.6) is 0 Å². The molecule has 2 bridgehead atoms. The van der Waals surface area contributed by atoms with Gasteiger partial charge in [-0.1, -0.05) is 62.4 Å². The lowest BCUT2D eigenvalue weighted by molar-refractivity contribution is -0.138. The number of oxazole rings is 1. The van der Waals surface area contributed by atoms with Crippen LogP contribution in [0.3, 0.4) is 0 Å². The predicted octanol–water partition coefficient (Wildman–Crippen LogP) is 4.84. The second kappa shape index (κ2) is 15.3. The van der Waals surface area contributed by atoms with Gasteiger partial charge in [0.2, 0.25) is 23.6 Å². The van der Waals surface area contributed by atoms with Crippen LogP contribution in [0.25, 0.3) is 11.5 Å². The number of hydrogen-bond donors (Lipinski definition) is 1. The van der Waals surface area contributed by atoms with Crippen molar-refractivity contribution in [1.29, 1.82) is 0 Å². The number of nitrogens with one attached hydrogen (secondary N) is 1. The molecule has 2 atom stereocenters. The van der Waals surface area contributed by atoms with Crippen molar-refractivity contribution >= 4 is 17.7 Å². The van der Waals surface area contributed by atoms with Gasteiger partial charge in [-0.3, -0.25) is 19.3 Å². The molecule has 0 aliphatic carbocycles. The molecule has 2 fully saturated rings. The van der Waals surface area contributed by atoms with E-state index >= 15 is 0 Å². The van der Waals surface area contributed by atoms with Crippen molar-refractivity contribution in [3.63, 3.8) is 0 Å². The quantitative estimate of drug-likeness (QED) is 0.410. The van der Waals surface area contributed by atoms with Crippen molar-refractivity contribution in [1.82, 2.24) is 25.0 Å². The van der Waals surface area contributed by atoms with Crippen molar-refractivity contribution in [2.45, 2.75) is 77.9 Å². The van der Waals surface area contributed by atoms with Gasteiger partial charge in [-0.15, -0.1) is 0 Å². The van der Waals surface area contributed by atoms with Crippen LogP contribution in [0.15, 0.2) is 65.1 Å². The van der Waals surface area contributed by atoms with Crippen LogP contribution in [-0.2, 0) is 27.3 Å². The Bertz CT molecular complexity index is 1420. The Morgan fingerprint density at radius 1 is 0.933 bits per heavy atom. The zero-order valence-electron chi connectivity index (χ0n) is 26.9. The Morgan fingerprint density at radius 2 is 1.64 bits per heavy atom. The van der Waals surface area contributed by atoms with Gasteiger partial charge in [0.05, 0.1) is 18.2 Å². The van der Waals surface area contributed by atoms with Crippen LogP contribution in [-0.4, -0.2) is 82.2 Å². The van der Waals surface area contributed by atoms with Crippen LogP contribution < -0.4 is 5.32 Å². The number of aryl methyl sites for hydroxylation is 1. The lowest BCUT2D eigenvalue weighted by Crippen LogP contribution is -2.47. The molecule has 2 aromatic carbocycles. The van der Waals surface area contributed by atoms with E-state index in [0.717, 1.165) is 44.5 Å². The van der Waals surface area contributed by atoms with Crippen LogP contribution in [0.4, 0.5) is 0 Å². The molecule has 240 valence electrons. The maximum atomic E-state index is 13.9. The van der Waals surface area contributed by atoms with Gasteiger partial charge in [-0.2, -0.15) is 0 Å². The van der Waals surface area contributed by atoms with Gasteiger partial charge in [0, 0.05) is 44.7 Å². The van der Waals surface area contributed by atoms with Crippen LogP contribution in [0.2, 0.25) is 0 Å². The van der Waals surface area contributed by atoms with Gasteiger partial charge >= 0.3 is 0 Å². The summed E-state index contributed by atoms with van der Waals surface area (Å²) in [6.07, 6.45) is 3.55. The Labute approximate surface area is 267 Å². The maximum Gasteiger partial charge on any atom is 0.242 e. The molecule has 0 radical (unpaired) electrons. The third-order valence-corrected chi connectivity index (χ3v) is 8.80. The normalized spacial score (nSPS) is 20.2. The van der Waals surface area contributed by atoms with Crippen molar-refractivity contribution in [2.24, 2.45) is 5.92 Å². The number of carbonyl (C=O) groups excluding carboxylic acids is 3. The fraction of sp³-hybridized carbons (Fsp3) is 0.500. The Kier molecular flexibility index (Phi) is 11.1. The molecule has 3 amide bonds. The summed E-state index contributed by atoms with van der Waals surface area (Å²) in [7, 11) is 0. The summed E-state index contributed by atoms with van der Waals surface area (Å²) in [4.78, 5) is 51.8. The van der Waals surface area contributed by atoms with Gasteiger partial charge in [0.15, 0.2) is 0 Å². The highest BCUT2D eigenvalue weighted by Crippen LogP contribution is 2.27. The molecule has 5 rings (SSSR count). The summed E-state index contributed by atoms with van der Waals surface area (Å²) in [5, 5.41) is 3.10. The van der Waals surface area contributed by atoms with Gasteiger partial charge in [0.1, 0.15) is 11.8 Å². The van der Waals surface area contributed by atoms with E-state index in [1.54, 1.807) is 4.90 Å². The number of aromatic nitrogens is 1. The molecule has 1 aromatic heterocycles. The second-order valence-corrected chi connectivity index (χ2v) is 12.8. The summed E-state index contributed by atoms with van der Waals surface area (Å²) >= 11 is 0. The molecule has 9 nitrogen and oxygen atoms in total. The van der Waals surface area contributed by atoms with E-state index < -0.39 is 6.04 Å². The number of amides is 3. The molecule has 45 heavy (non-hydrogen) atoms. The fourth-order valence-electron chi connectivity index (χ4n) is 6.45. The van der Waals surface area contributed by atoms with Gasteiger partial charge < -0.3 is 19.5 Å². The lowest BCUT2D eigenvalue weighted by Gasteiger charge is -2.31. The molecular weight excluding hydrogens is 566 g/mol. The van der Waals surface area contributed by atoms with Crippen molar-refractivity contribution < 1.29 is 18.8 Å². The average Bonchev–Trinajstić information content (AvgIpc) is 3.63. The summed E-state index contributed by atoms with van der Waals surface area (Å²) in [6, 6.07) is 19.2. The molecule has 0 saturated carbocycles. The molecule has 2 aliphatic rings. The van der Waals surface area contributed by atoms with E-state index in [-0.39, 0.29) is 36.1 Å². The first-order valence-electron chi connectivity index (χ1n) is 16.4. The third-order valence-electron chi connectivity index (χ3n) is 8.80. The number of rotatable bonds is 7. The van der Waals surface area contributed by atoms with E-state index in [2.05, 4.69) is 39.5 Å². The molecule has 3 aromatic rings. The SMILES string of the molecule is Cc1oc(-c2ccccc2)nc1CC(=O)N1C[C@@H]2C[C@H]1C(=O)NCCCCN(Cc1ccccc1)CCCN2C(=O)CC(C)C. The first-order valence-corrected chi connectivity index (χ1v) is 16.4. The van der Waals surface area contributed by atoms with E-state index in [9.17, 15) is 14.4 Å². The number of hydrogen-bond acceptors (Lipinski definition) is 6. The highest BCUT2D eigenvalue weighted by Gasteiger charge is 2.43. The lowest BCUT2D eigenvalue weighted by atomic mass is 10.1. The topological polar surface area (TPSA) is 99.0 Å². The van der Waals surface area contributed by atoms with E-state index in [4.69, 9.17) is 4.42 Å². The minimum atomic E-state index is -0.629. The molecule has 3 heterocycles. The first-order chi connectivity index (χ1) is 21.8. The minimum Gasteiger partial charge on any atom is -0.441 e. The molecule has 0 unspecified atom stereocenters. The first kappa shape index (κ1) is 32.4. The summed E-state index contributed by atoms with van der Waals surface area (Å²) in [5.74, 6) is 1.04. The molecule has 2 aliphatic heterocycles. The highest BCUT2D eigenvalue weighted by molar-refractivity contribution is 5.89. The van der Waals surface area contributed by atoms with Crippen LogP contribution in [0, 0.1) is 12.8 Å². The third kappa shape index (κ3) is 8.60. The second-order valence-electron chi connectivity index (χ2n) is 12.8. The van der Waals surface area contributed by atoms with Crippen LogP contribution >= 0.6 is 0 Å². The summed E-state index contributed by atoms with van der Waals surface area (Å²) in [6.45, 7) is 10.0. The van der Waals surface area contributed by atoms with Crippen molar-refractivity contribution in [3.8, 4) is 11.5 Å². The van der Waals surface area contributed by atoms with Crippen molar-refractivity contribution in [3.05, 3.63) is 77.7 Å². The van der Waals surface area contributed by atoms with E-state index in [0.29, 0.717) is 49.8 Å². The smallest absolute Gasteiger partial charge is 0.242 e. The maximum absolute atomic E-state index is 13.9. The van der Waals surface area contributed by atoms with Crippen LogP contribution in [0.1, 0.15) is 63.0 Å². The summed E-state index contributed by atoms with van der Waals surface area (Å²) < 4.78 is 5.91. The van der Waals surface area contributed by atoms with Crippen molar-refractivity contribution in [2.75, 3.05) is 32.7 Å². The van der Waals surface area contributed by atoms with Gasteiger partial charge in [0.25, 0.3) is 0 Å². The fourth-order valence-corrected chi connectivity index (χ4v) is 6.45. The largest absolute Gasteiger partial charge is 0.441 e. The van der Waals surface area contributed by atoms with E-state index in [1.807, 2.05) is 62.1 Å². The Morgan fingerprint density at radius 3 is 2.38 bits per heavy atom. The molecule has 0 spiro atoms. The van der Waals surface area contributed by atoms with Gasteiger partial charge in [-0.25, -0.2) is 4.98 Å². The van der Waals surface area contributed by atoms with Gasteiger partial charge in [-0.05, 0) is 62.8 Å². The monoisotopic (exact) mass is 613 g/mol. The molecular formula is C36H47N5O4. The zero-order chi connectivity index (χ0) is 31.8. The molecule has 9 heteroatoms. The molecule has 1 N–H and O–H groups in total. The standard InChI is InChI=1S/C36H47N5O4/c1-26(2)21-33(42)40-20-12-19-39(24-28-13-6-4-7-14-28)18-11-10-17-37-35(44)32-22-30(40)25-41(32)34(43)23-31-27(3)45-36(38-31)29-15-8-5-9-16-29/h4-9,13-16,26,30,32H,10-12,17-25H2,1-3H3,(H,37,44)/t30-,32-/m0/s1. The number of benzene rings is 2. The zero-order valence-corrected chi connectivity index (χ0v) is 26.9. The Balaban J connectivity index is 1.34. The summed E-state index contributed by atoms with van der Waals surface area (Å²) in [5.41, 5.74) is 2.68. The Hall–Kier alpha value is -3.98. The number of fused-ring (bicyclic) bond motifs is 2. The number of nitrogens with zero attached hydrogens (tertiary/aromatic N) is 4. The number of likely N-dealkylation sites (tertiary alicyclic amines) is 1.